The summed E-state index contributed by atoms with van der Waals surface area (Å²) in [5, 5.41) is 22.8. The van der Waals surface area contributed by atoms with Crippen molar-refractivity contribution in [1.29, 1.82) is 0 Å². The highest BCUT2D eigenvalue weighted by atomic mass is 35.5. The zero-order valence-corrected chi connectivity index (χ0v) is 20.8. The molecule has 9 nitrogen and oxygen atoms in total. The van der Waals surface area contributed by atoms with Gasteiger partial charge in [-0.25, -0.2) is 9.59 Å². The molecule has 0 fully saturated rings. The fourth-order valence-electron chi connectivity index (χ4n) is 3.38. The minimum absolute atomic E-state index is 0.00240. The van der Waals surface area contributed by atoms with Gasteiger partial charge in [0.1, 0.15) is 11.3 Å². The van der Waals surface area contributed by atoms with E-state index in [2.05, 4.69) is 5.32 Å². The van der Waals surface area contributed by atoms with Gasteiger partial charge in [-0.3, -0.25) is 9.59 Å². The van der Waals surface area contributed by atoms with Crippen LogP contribution in [0.3, 0.4) is 0 Å². The summed E-state index contributed by atoms with van der Waals surface area (Å²) < 4.78 is 4.80. The third kappa shape index (κ3) is 5.42. The molecule has 0 spiro atoms. The van der Waals surface area contributed by atoms with Crippen molar-refractivity contribution in [3.05, 3.63) is 80.8 Å². The van der Waals surface area contributed by atoms with Gasteiger partial charge in [-0.1, -0.05) is 35.3 Å². The molecule has 2 amide bonds. The van der Waals surface area contributed by atoms with E-state index in [0.717, 1.165) is 17.0 Å². The second-order valence-corrected chi connectivity index (χ2v) is 8.59. The number of nitrogens with one attached hydrogen (secondary N) is 1. The van der Waals surface area contributed by atoms with Crippen LogP contribution < -0.4 is 5.32 Å². The maximum atomic E-state index is 13.3. The number of rotatable bonds is 6. The number of aromatic hydroxyl groups is 1. The summed E-state index contributed by atoms with van der Waals surface area (Å²) in [5.41, 5.74) is -0.0344. The molecule has 36 heavy (non-hydrogen) atoms. The second kappa shape index (κ2) is 10.7. The molecule has 3 aromatic carbocycles. The van der Waals surface area contributed by atoms with Crippen molar-refractivity contribution in [2.24, 2.45) is 0 Å². The first-order chi connectivity index (χ1) is 16.9. The Labute approximate surface area is 215 Å². The van der Waals surface area contributed by atoms with Crippen LogP contribution in [0.1, 0.15) is 41.4 Å². The fourth-order valence-corrected chi connectivity index (χ4v) is 3.90. The van der Waals surface area contributed by atoms with Crippen LogP contribution >= 0.6 is 23.2 Å². The van der Waals surface area contributed by atoms with Gasteiger partial charge in [0.15, 0.2) is 0 Å². The van der Waals surface area contributed by atoms with Crippen LogP contribution in [0, 0.1) is 0 Å². The fraction of sp³-hybridized carbons (Fsp3) is 0.120. The summed E-state index contributed by atoms with van der Waals surface area (Å²) in [4.78, 5) is 51.1. The average molecular weight is 531 g/mol. The number of carbonyl (C=O) groups excluding carboxylic acids is 3. The lowest BCUT2D eigenvalue weighted by Gasteiger charge is -2.17. The average Bonchev–Trinajstić information content (AvgIpc) is 2.82. The number of hydrogen-bond donors (Lipinski definition) is 3. The van der Waals surface area contributed by atoms with Crippen molar-refractivity contribution >= 4 is 52.6 Å². The van der Waals surface area contributed by atoms with E-state index in [0.29, 0.717) is 21.2 Å². The summed E-state index contributed by atoms with van der Waals surface area (Å²) in [6, 6.07) is 11.1. The molecule has 0 radical (unpaired) electrons. The summed E-state index contributed by atoms with van der Waals surface area (Å²) in [6.07, 6.45) is 0. The van der Waals surface area contributed by atoms with Gasteiger partial charge in [0.25, 0.3) is 11.8 Å². The van der Waals surface area contributed by atoms with Crippen molar-refractivity contribution in [3.8, 4) is 16.9 Å². The maximum absolute atomic E-state index is 13.3. The Hall–Kier alpha value is -4.08. The van der Waals surface area contributed by atoms with Gasteiger partial charge >= 0.3 is 11.9 Å². The normalized spacial score (nSPS) is 10.5. The summed E-state index contributed by atoms with van der Waals surface area (Å²) in [6.45, 7) is 0. The van der Waals surface area contributed by atoms with Gasteiger partial charge in [-0.2, -0.15) is 0 Å². The molecule has 0 bridgehead atoms. The molecule has 0 unspecified atom stereocenters. The number of hydrogen-bond acceptors (Lipinski definition) is 6. The predicted molar refractivity (Wildman–Crippen MR) is 134 cm³/mol. The Bertz CT molecular complexity index is 1400. The monoisotopic (exact) mass is 530 g/mol. The number of amides is 2. The van der Waals surface area contributed by atoms with Gasteiger partial charge in [0.05, 0.1) is 29.5 Å². The molecule has 0 heterocycles. The highest BCUT2D eigenvalue weighted by Crippen LogP contribution is 2.34. The number of halogens is 2. The van der Waals surface area contributed by atoms with E-state index < -0.39 is 35.1 Å². The molecular formula is C25H20Cl2N2O7. The minimum Gasteiger partial charge on any atom is -0.507 e. The van der Waals surface area contributed by atoms with Crippen LogP contribution in [0.5, 0.6) is 5.75 Å². The van der Waals surface area contributed by atoms with Crippen LogP contribution in [0.15, 0.2) is 48.5 Å². The number of nitrogens with zero attached hydrogens (tertiary/aromatic N) is 1. The van der Waals surface area contributed by atoms with Crippen LogP contribution in [0.25, 0.3) is 11.1 Å². The number of anilines is 1. The number of methoxy groups -OCH3 is 1. The zero-order chi connectivity index (χ0) is 26.7. The molecule has 3 aromatic rings. The number of ether oxygens (including phenoxy) is 1. The standard InChI is InChI=1S/C25H20Cl2N2O7/c1-29(2)23(32)17-11-21(30)18(24(33)34)10-16(17)22(31)28-20-8-12(4-6-15(20)25(35)36-3)14-7-5-13(26)9-19(14)27/h4-11,30H,1-3H3,(H,28,31)(H,33,34). The third-order valence-electron chi connectivity index (χ3n) is 5.16. The van der Waals surface area contributed by atoms with E-state index in [1.54, 1.807) is 18.2 Å². The Morgan fingerprint density at radius 3 is 2.17 bits per heavy atom. The number of esters is 1. The summed E-state index contributed by atoms with van der Waals surface area (Å²) in [7, 11) is 4.03. The van der Waals surface area contributed by atoms with Crippen LogP contribution in [-0.2, 0) is 4.74 Å². The van der Waals surface area contributed by atoms with Crippen LogP contribution in [0.2, 0.25) is 10.0 Å². The zero-order valence-electron chi connectivity index (χ0n) is 19.3. The molecule has 3 N–H and O–H groups in total. The van der Waals surface area contributed by atoms with Crippen molar-refractivity contribution in [1.82, 2.24) is 4.90 Å². The van der Waals surface area contributed by atoms with Crippen molar-refractivity contribution in [2.75, 3.05) is 26.5 Å². The van der Waals surface area contributed by atoms with E-state index in [-0.39, 0.29) is 22.4 Å². The Balaban J connectivity index is 2.15. The molecule has 0 aliphatic carbocycles. The van der Waals surface area contributed by atoms with Crippen molar-refractivity contribution in [2.45, 2.75) is 0 Å². The lowest BCUT2D eigenvalue weighted by molar-refractivity contribution is 0.0600. The van der Waals surface area contributed by atoms with Gasteiger partial charge in [0.2, 0.25) is 0 Å². The molecule has 0 saturated carbocycles. The first-order valence-electron chi connectivity index (χ1n) is 10.3. The van der Waals surface area contributed by atoms with Gasteiger partial charge in [0, 0.05) is 29.7 Å². The van der Waals surface area contributed by atoms with Crippen LogP contribution in [-0.4, -0.2) is 60.1 Å². The predicted octanol–water partition coefficient (Wildman–Crippen LogP) is 4.80. The largest absolute Gasteiger partial charge is 0.507 e. The molecule has 0 aliphatic rings. The molecule has 0 atom stereocenters. The Morgan fingerprint density at radius 1 is 0.889 bits per heavy atom. The molecular weight excluding hydrogens is 511 g/mol. The van der Waals surface area contributed by atoms with Crippen molar-refractivity contribution < 1.29 is 34.1 Å². The quantitative estimate of drug-likeness (QED) is 0.389. The number of benzene rings is 3. The Kier molecular flexibility index (Phi) is 7.87. The molecule has 0 aromatic heterocycles. The lowest BCUT2D eigenvalue weighted by atomic mass is 9.99. The van der Waals surface area contributed by atoms with E-state index in [1.165, 1.54) is 39.4 Å². The third-order valence-corrected chi connectivity index (χ3v) is 5.71. The number of carboxylic acid groups (broad SMARTS) is 1. The van der Waals surface area contributed by atoms with Gasteiger partial charge in [-0.15, -0.1) is 0 Å². The lowest BCUT2D eigenvalue weighted by Crippen LogP contribution is -2.26. The molecule has 0 saturated heterocycles. The maximum Gasteiger partial charge on any atom is 0.339 e. The first-order valence-corrected chi connectivity index (χ1v) is 11.0. The molecule has 3 rings (SSSR count). The highest BCUT2D eigenvalue weighted by molar-refractivity contribution is 6.36. The van der Waals surface area contributed by atoms with E-state index in [9.17, 15) is 29.4 Å². The number of phenols is 1. The van der Waals surface area contributed by atoms with E-state index >= 15 is 0 Å². The topological polar surface area (TPSA) is 133 Å². The number of carbonyl (C=O) groups is 4. The number of aromatic carboxylic acids is 1. The molecule has 11 heteroatoms. The van der Waals surface area contributed by atoms with E-state index in [4.69, 9.17) is 27.9 Å². The SMILES string of the molecule is COC(=O)c1ccc(-c2ccc(Cl)cc2Cl)cc1NC(=O)c1cc(C(=O)O)c(O)cc1C(=O)N(C)C. The van der Waals surface area contributed by atoms with Gasteiger partial charge < -0.3 is 25.2 Å². The highest BCUT2D eigenvalue weighted by Gasteiger charge is 2.25. The smallest absolute Gasteiger partial charge is 0.339 e. The van der Waals surface area contributed by atoms with Gasteiger partial charge in [-0.05, 0) is 42.0 Å². The van der Waals surface area contributed by atoms with Crippen molar-refractivity contribution in [3.63, 3.8) is 0 Å². The minimum atomic E-state index is -1.50. The summed E-state index contributed by atoms with van der Waals surface area (Å²) in [5.74, 6) is -4.48. The first kappa shape index (κ1) is 26.5. The Morgan fingerprint density at radius 2 is 1.58 bits per heavy atom. The molecule has 0 aliphatic heterocycles. The number of carboxylic acids is 1. The van der Waals surface area contributed by atoms with E-state index in [1.807, 2.05) is 0 Å². The summed E-state index contributed by atoms with van der Waals surface area (Å²) >= 11 is 12.3. The van der Waals surface area contributed by atoms with Crippen LogP contribution in [0.4, 0.5) is 5.69 Å². The second-order valence-electron chi connectivity index (χ2n) is 7.75. The molecule has 186 valence electrons.